The van der Waals surface area contributed by atoms with Crippen molar-refractivity contribution in [2.45, 2.75) is 37.6 Å². The van der Waals surface area contributed by atoms with Gasteiger partial charge in [0.05, 0.1) is 18.7 Å². The maximum atomic E-state index is 14.9. The van der Waals surface area contributed by atoms with Gasteiger partial charge in [-0.2, -0.15) is 4.98 Å². The van der Waals surface area contributed by atoms with Gasteiger partial charge in [0.25, 0.3) is 0 Å². The van der Waals surface area contributed by atoms with Crippen molar-refractivity contribution in [3.8, 4) is 11.1 Å². The highest BCUT2D eigenvalue weighted by molar-refractivity contribution is 7.99. The Hall–Kier alpha value is -2.45. The van der Waals surface area contributed by atoms with Crippen molar-refractivity contribution in [3.63, 3.8) is 0 Å². The molecule has 8 heteroatoms. The fraction of sp³-hybridized carbons (Fsp3) is 0.481. The van der Waals surface area contributed by atoms with E-state index in [9.17, 15) is 13.6 Å². The predicted octanol–water partition coefficient (Wildman–Crippen LogP) is 5.01. The van der Waals surface area contributed by atoms with Crippen LogP contribution in [0.1, 0.15) is 24.8 Å². The summed E-state index contributed by atoms with van der Waals surface area (Å²) in [6.07, 6.45) is 3.60. The molecule has 2 bridgehead atoms. The molecular formula is C27H27F2N3O2S. The van der Waals surface area contributed by atoms with Gasteiger partial charge in [0.15, 0.2) is 0 Å². The number of aryl methyl sites for hydroxylation is 2. The fourth-order valence-corrected chi connectivity index (χ4v) is 8.35. The van der Waals surface area contributed by atoms with Crippen molar-refractivity contribution >= 4 is 28.5 Å². The van der Waals surface area contributed by atoms with Gasteiger partial charge in [-0.15, -0.1) is 11.8 Å². The minimum absolute atomic E-state index is 0.247. The number of fused-ring (bicyclic) bond motifs is 2. The van der Waals surface area contributed by atoms with Gasteiger partial charge in [0.1, 0.15) is 17.5 Å². The third-order valence-corrected chi connectivity index (χ3v) is 9.41. The van der Waals surface area contributed by atoms with E-state index in [4.69, 9.17) is 4.74 Å². The van der Waals surface area contributed by atoms with Crippen LogP contribution in [0.5, 0.6) is 0 Å². The predicted molar refractivity (Wildman–Crippen MR) is 133 cm³/mol. The molecule has 1 spiro atoms. The van der Waals surface area contributed by atoms with Crippen LogP contribution in [0.3, 0.4) is 0 Å². The van der Waals surface area contributed by atoms with Gasteiger partial charge in [-0.3, -0.25) is 4.57 Å². The lowest BCUT2D eigenvalue weighted by Gasteiger charge is -2.54. The zero-order valence-electron chi connectivity index (χ0n) is 19.7. The molecular weight excluding hydrogens is 468 g/mol. The van der Waals surface area contributed by atoms with E-state index in [1.54, 1.807) is 16.3 Å². The molecule has 0 amide bonds. The summed E-state index contributed by atoms with van der Waals surface area (Å²) < 4.78 is 35.8. The highest BCUT2D eigenvalue weighted by Crippen LogP contribution is 2.50. The molecule has 2 unspecified atom stereocenters. The van der Waals surface area contributed by atoms with Crippen LogP contribution in [0, 0.1) is 35.8 Å². The van der Waals surface area contributed by atoms with E-state index in [2.05, 4.69) is 9.88 Å². The van der Waals surface area contributed by atoms with Crippen LogP contribution in [0.4, 0.5) is 14.6 Å². The summed E-state index contributed by atoms with van der Waals surface area (Å²) in [6.45, 7) is 6.12. The van der Waals surface area contributed by atoms with E-state index in [-0.39, 0.29) is 5.69 Å². The summed E-state index contributed by atoms with van der Waals surface area (Å²) in [6, 6.07) is 5.77. The third kappa shape index (κ3) is 3.36. The Morgan fingerprint density at radius 1 is 1.14 bits per heavy atom. The van der Waals surface area contributed by atoms with Gasteiger partial charge in [-0.05, 0) is 61.8 Å². The van der Waals surface area contributed by atoms with Gasteiger partial charge in [0, 0.05) is 58.3 Å². The van der Waals surface area contributed by atoms with Crippen LogP contribution in [-0.4, -0.2) is 41.6 Å². The molecule has 3 aromatic rings. The van der Waals surface area contributed by atoms with Crippen molar-refractivity contribution in [1.82, 2.24) is 9.55 Å². The van der Waals surface area contributed by atoms with Crippen LogP contribution in [0.25, 0.3) is 22.0 Å². The zero-order valence-corrected chi connectivity index (χ0v) is 20.5. The number of benzene rings is 2. The number of piperidine rings is 1. The first-order valence-electron chi connectivity index (χ1n) is 12.4. The summed E-state index contributed by atoms with van der Waals surface area (Å²) >= 11 is 1.64. The lowest BCUT2D eigenvalue weighted by molar-refractivity contribution is -0.152. The minimum Gasteiger partial charge on any atom is -0.380 e. The van der Waals surface area contributed by atoms with Crippen molar-refractivity contribution < 1.29 is 13.5 Å². The van der Waals surface area contributed by atoms with Crippen LogP contribution in [0.15, 0.2) is 34.0 Å². The van der Waals surface area contributed by atoms with Gasteiger partial charge >= 0.3 is 5.69 Å². The largest absolute Gasteiger partial charge is 0.380 e. The molecule has 7 rings (SSSR count). The summed E-state index contributed by atoms with van der Waals surface area (Å²) in [5.41, 5.74) is 2.97. The number of ether oxygens (including phenoxy) is 1. The molecule has 4 heterocycles. The summed E-state index contributed by atoms with van der Waals surface area (Å²) in [4.78, 5) is 21.1. The van der Waals surface area contributed by atoms with E-state index in [0.29, 0.717) is 35.1 Å². The lowest BCUT2D eigenvalue weighted by atomic mass is 9.62. The zero-order chi connectivity index (χ0) is 23.9. The molecule has 35 heavy (non-hydrogen) atoms. The number of aromatic nitrogens is 2. The van der Waals surface area contributed by atoms with Gasteiger partial charge in [0.2, 0.25) is 0 Å². The normalized spacial score (nSPS) is 24.6. The Kier molecular flexibility index (Phi) is 4.84. The maximum absolute atomic E-state index is 14.9. The molecule has 2 aromatic carbocycles. The van der Waals surface area contributed by atoms with Gasteiger partial charge in [-0.25, -0.2) is 13.6 Å². The molecule has 1 aliphatic carbocycles. The smallest absolute Gasteiger partial charge is 0.350 e. The molecule has 2 saturated heterocycles. The quantitative estimate of drug-likeness (QED) is 0.500. The van der Waals surface area contributed by atoms with Crippen LogP contribution in [0.2, 0.25) is 0 Å². The number of hydrogen-bond acceptors (Lipinski definition) is 5. The van der Waals surface area contributed by atoms with Gasteiger partial charge in [-0.1, -0.05) is 0 Å². The van der Waals surface area contributed by atoms with E-state index >= 15 is 0 Å². The molecule has 2 atom stereocenters. The number of thioether (sulfide) groups is 1. The van der Waals surface area contributed by atoms with Crippen molar-refractivity contribution in [2.75, 3.05) is 37.0 Å². The Morgan fingerprint density at radius 2 is 1.91 bits per heavy atom. The Bertz CT molecular complexity index is 1420. The van der Waals surface area contributed by atoms with Gasteiger partial charge < -0.3 is 9.64 Å². The second-order valence-corrected chi connectivity index (χ2v) is 12.0. The fourth-order valence-electron chi connectivity index (χ4n) is 7.10. The third-order valence-electron chi connectivity index (χ3n) is 8.34. The first kappa shape index (κ1) is 21.8. The Morgan fingerprint density at radius 3 is 2.60 bits per heavy atom. The molecule has 0 N–H and O–H groups in total. The van der Waals surface area contributed by atoms with E-state index < -0.39 is 11.6 Å². The molecule has 0 radical (unpaired) electrons. The van der Waals surface area contributed by atoms with Crippen LogP contribution in [-0.2, 0) is 11.3 Å². The molecule has 5 nitrogen and oxygen atoms in total. The average molecular weight is 496 g/mol. The van der Waals surface area contributed by atoms with E-state index in [0.717, 1.165) is 65.1 Å². The van der Waals surface area contributed by atoms with Crippen molar-refractivity contribution in [3.05, 3.63) is 51.9 Å². The Balaban J connectivity index is 1.38. The summed E-state index contributed by atoms with van der Waals surface area (Å²) in [5.74, 6) is 1.45. The number of rotatable bonds is 2. The van der Waals surface area contributed by atoms with Crippen LogP contribution < -0.4 is 10.6 Å². The van der Waals surface area contributed by atoms with Crippen molar-refractivity contribution in [2.24, 2.45) is 17.3 Å². The molecule has 4 aliphatic rings. The van der Waals surface area contributed by atoms with Crippen LogP contribution >= 0.6 is 11.8 Å². The average Bonchev–Trinajstić information content (AvgIpc) is 2.80. The molecule has 3 aliphatic heterocycles. The van der Waals surface area contributed by atoms with E-state index in [1.165, 1.54) is 31.4 Å². The second-order valence-electron chi connectivity index (χ2n) is 10.9. The first-order chi connectivity index (χ1) is 16.9. The Labute approximate surface area is 206 Å². The SMILES string of the molecule is Cc1cc2c(N3CC4CC(C3)CC3(COC3)C4)nc(=O)n3c2c(c1-c1ccc(F)cc1F)SCC3. The number of nitrogens with zero attached hydrogens (tertiary/aromatic N) is 3. The monoisotopic (exact) mass is 495 g/mol. The standard InChI is InChI=1S/C27H27F2N3O2S/c1-15-6-20-23-24(22(15)19-3-2-18(28)8-21(19)29)35-5-4-32(23)26(33)30-25(20)31-11-16-7-17(12-31)10-27(9-16)13-34-14-27/h2-3,6,8,16-17H,4-5,7,9-14H2,1H3. The molecule has 1 saturated carbocycles. The highest BCUT2D eigenvalue weighted by atomic mass is 32.2. The number of halogens is 2. The van der Waals surface area contributed by atoms with E-state index in [1.807, 2.05) is 13.0 Å². The highest BCUT2D eigenvalue weighted by Gasteiger charge is 2.48. The minimum atomic E-state index is -0.597. The summed E-state index contributed by atoms with van der Waals surface area (Å²) in [7, 11) is 0. The molecule has 182 valence electrons. The second kappa shape index (κ2) is 7.77. The molecule has 3 fully saturated rings. The molecule has 1 aromatic heterocycles. The lowest BCUT2D eigenvalue weighted by Crippen LogP contribution is -2.55. The van der Waals surface area contributed by atoms with Crippen molar-refractivity contribution in [1.29, 1.82) is 0 Å². The number of hydrogen-bond donors (Lipinski definition) is 0. The number of anilines is 1. The maximum Gasteiger partial charge on any atom is 0.350 e. The summed E-state index contributed by atoms with van der Waals surface area (Å²) in [5, 5.41) is 0.956. The topological polar surface area (TPSA) is 47.4 Å². The first-order valence-corrected chi connectivity index (χ1v) is 13.4.